The molecule has 0 aliphatic heterocycles. The van der Waals surface area contributed by atoms with E-state index in [2.05, 4.69) is 5.32 Å². The van der Waals surface area contributed by atoms with Gasteiger partial charge in [-0.15, -0.1) is 0 Å². The molecule has 4 nitrogen and oxygen atoms in total. The number of nitrogens with one attached hydrogen (secondary N) is 1. The summed E-state index contributed by atoms with van der Waals surface area (Å²) >= 11 is 0. The van der Waals surface area contributed by atoms with Gasteiger partial charge in [-0.25, -0.2) is 4.39 Å². The van der Waals surface area contributed by atoms with Gasteiger partial charge < -0.3 is 11.1 Å². The highest BCUT2D eigenvalue weighted by molar-refractivity contribution is 6.12. The van der Waals surface area contributed by atoms with Crippen LogP contribution in [0.15, 0.2) is 48.5 Å². The van der Waals surface area contributed by atoms with Gasteiger partial charge in [0.25, 0.3) is 5.91 Å². The molecule has 1 saturated carbocycles. The van der Waals surface area contributed by atoms with Crippen LogP contribution in [0.4, 0.5) is 4.39 Å². The van der Waals surface area contributed by atoms with E-state index >= 15 is 0 Å². The molecule has 1 fully saturated rings. The standard InChI is InChI=1S/C22H22FN3O/c1-13(24)25-22(27)21-17-12-16(23)9-10-18(17)26-19(11-14-7-8-14)20(21)15-5-3-2-4-6-15/h2-6,9-10,12-14H,7-8,11,24H2,1H3,(H,25,27). The van der Waals surface area contributed by atoms with E-state index in [-0.39, 0.29) is 5.91 Å². The molecule has 1 heterocycles. The number of carbonyl (C=O) groups is 1. The number of rotatable bonds is 5. The fourth-order valence-electron chi connectivity index (χ4n) is 3.46. The van der Waals surface area contributed by atoms with Gasteiger partial charge in [-0.1, -0.05) is 30.3 Å². The third-order valence-electron chi connectivity index (χ3n) is 4.85. The zero-order valence-corrected chi connectivity index (χ0v) is 15.2. The van der Waals surface area contributed by atoms with Crippen LogP contribution in [0.2, 0.25) is 0 Å². The van der Waals surface area contributed by atoms with Gasteiger partial charge in [0.05, 0.1) is 17.2 Å². The molecule has 4 rings (SSSR count). The third kappa shape index (κ3) is 3.69. The maximum Gasteiger partial charge on any atom is 0.253 e. The quantitative estimate of drug-likeness (QED) is 0.673. The lowest BCUT2D eigenvalue weighted by Crippen LogP contribution is -2.39. The van der Waals surface area contributed by atoms with Crippen LogP contribution in [0.1, 0.15) is 35.8 Å². The van der Waals surface area contributed by atoms with Crippen molar-refractivity contribution in [3.63, 3.8) is 0 Å². The van der Waals surface area contributed by atoms with Gasteiger partial charge >= 0.3 is 0 Å². The Hall–Kier alpha value is -2.79. The average molecular weight is 363 g/mol. The first kappa shape index (κ1) is 17.6. The van der Waals surface area contributed by atoms with E-state index in [0.29, 0.717) is 22.4 Å². The zero-order chi connectivity index (χ0) is 19.0. The second kappa shape index (κ2) is 7.08. The number of nitrogens with two attached hydrogens (primary N) is 1. The number of carbonyl (C=O) groups excluding carboxylic acids is 1. The second-order valence-corrected chi connectivity index (χ2v) is 7.25. The highest BCUT2D eigenvalue weighted by atomic mass is 19.1. The molecule has 0 bridgehead atoms. The molecule has 1 amide bonds. The van der Waals surface area contributed by atoms with Gasteiger partial charge in [-0.05, 0) is 55.9 Å². The molecule has 0 spiro atoms. The van der Waals surface area contributed by atoms with Crippen LogP contribution >= 0.6 is 0 Å². The van der Waals surface area contributed by atoms with E-state index in [0.717, 1.165) is 23.2 Å². The Morgan fingerprint density at radius 1 is 1.26 bits per heavy atom. The van der Waals surface area contributed by atoms with E-state index in [4.69, 9.17) is 10.7 Å². The summed E-state index contributed by atoms with van der Waals surface area (Å²) in [6, 6.07) is 14.1. The predicted molar refractivity (Wildman–Crippen MR) is 105 cm³/mol. The molecule has 1 aromatic heterocycles. The Labute approximate surface area is 157 Å². The molecule has 3 aromatic rings. The van der Waals surface area contributed by atoms with Gasteiger partial charge in [0.2, 0.25) is 0 Å². The predicted octanol–water partition coefficient (Wildman–Crippen LogP) is 4.03. The molecule has 1 aliphatic carbocycles. The van der Waals surface area contributed by atoms with Crippen molar-refractivity contribution in [3.8, 4) is 11.1 Å². The van der Waals surface area contributed by atoms with E-state index in [1.165, 1.54) is 25.0 Å². The molecule has 1 atom stereocenters. The van der Waals surface area contributed by atoms with E-state index in [9.17, 15) is 9.18 Å². The Morgan fingerprint density at radius 3 is 2.67 bits per heavy atom. The Bertz CT molecular complexity index is 997. The Kier molecular flexibility index (Phi) is 4.62. The van der Waals surface area contributed by atoms with Gasteiger partial charge in [0, 0.05) is 16.6 Å². The molecule has 1 aliphatic rings. The highest BCUT2D eigenvalue weighted by Crippen LogP contribution is 2.38. The van der Waals surface area contributed by atoms with Gasteiger partial charge in [0.1, 0.15) is 5.82 Å². The smallest absolute Gasteiger partial charge is 0.253 e. The van der Waals surface area contributed by atoms with Crippen molar-refractivity contribution >= 4 is 16.8 Å². The molecule has 0 radical (unpaired) electrons. The minimum atomic E-state index is -0.509. The summed E-state index contributed by atoms with van der Waals surface area (Å²) in [5.74, 6) is -0.103. The van der Waals surface area contributed by atoms with Crippen molar-refractivity contribution in [2.45, 2.75) is 32.4 Å². The van der Waals surface area contributed by atoms with Gasteiger partial charge in [-0.3, -0.25) is 9.78 Å². The summed E-state index contributed by atoms with van der Waals surface area (Å²) in [6.07, 6.45) is 2.66. The van der Waals surface area contributed by atoms with Crippen molar-refractivity contribution in [1.29, 1.82) is 0 Å². The first-order valence-corrected chi connectivity index (χ1v) is 9.27. The normalized spacial score (nSPS) is 14.9. The first-order valence-electron chi connectivity index (χ1n) is 9.27. The number of aromatic nitrogens is 1. The summed E-state index contributed by atoms with van der Waals surface area (Å²) < 4.78 is 14.0. The van der Waals surface area contributed by atoms with Crippen LogP contribution in [0.25, 0.3) is 22.0 Å². The Morgan fingerprint density at radius 2 is 2.00 bits per heavy atom. The maximum atomic E-state index is 14.0. The van der Waals surface area contributed by atoms with Crippen LogP contribution in [-0.2, 0) is 6.42 Å². The fraction of sp³-hybridized carbons (Fsp3) is 0.273. The number of hydrogen-bond donors (Lipinski definition) is 2. The molecule has 2 aromatic carbocycles. The molecule has 3 N–H and O–H groups in total. The number of pyridine rings is 1. The number of fused-ring (bicyclic) bond motifs is 1. The van der Waals surface area contributed by atoms with E-state index in [1.807, 2.05) is 30.3 Å². The summed E-state index contributed by atoms with van der Waals surface area (Å²) in [5, 5.41) is 3.27. The number of amides is 1. The molecule has 1 unspecified atom stereocenters. The third-order valence-corrected chi connectivity index (χ3v) is 4.85. The second-order valence-electron chi connectivity index (χ2n) is 7.25. The van der Waals surface area contributed by atoms with Crippen LogP contribution in [-0.4, -0.2) is 17.1 Å². The molecular weight excluding hydrogens is 341 g/mol. The van der Waals surface area contributed by atoms with Crippen molar-refractivity contribution in [3.05, 3.63) is 65.6 Å². The minimum absolute atomic E-state index is 0.307. The lowest BCUT2D eigenvalue weighted by Gasteiger charge is -2.18. The fourth-order valence-corrected chi connectivity index (χ4v) is 3.46. The first-order chi connectivity index (χ1) is 13.0. The Balaban J connectivity index is 2.03. The SMILES string of the molecule is CC(N)NC(=O)c1c(-c2ccccc2)c(CC2CC2)nc2ccc(F)cc12. The molecular formula is C22H22FN3O. The van der Waals surface area contributed by atoms with Crippen molar-refractivity contribution in [2.24, 2.45) is 11.7 Å². The van der Waals surface area contributed by atoms with Crippen molar-refractivity contribution < 1.29 is 9.18 Å². The topological polar surface area (TPSA) is 68.0 Å². The highest BCUT2D eigenvalue weighted by Gasteiger charge is 2.28. The van der Waals surface area contributed by atoms with Crippen LogP contribution < -0.4 is 11.1 Å². The summed E-state index contributed by atoms with van der Waals surface area (Å²) in [7, 11) is 0. The lowest BCUT2D eigenvalue weighted by atomic mass is 9.92. The van der Waals surface area contributed by atoms with Gasteiger partial charge in [-0.2, -0.15) is 0 Å². The van der Waals surface area contributed by atoms with E-state index in [1.54, 1.807) is 13.0 Å². The largest absolute Gasteiger partial charge is 0.337 e. The molecule has 27 heavy (non-hydrogen) atoms. The van der Waals surface area contributed by atoms with Crippen molar-refractivity contribution in [2.75, 3.05) is 0 Å². The van der Waals surface area contributed by atoms with Crippen LogP contribution in [0.3, 0.4) is 0 Å². The van der Waals surface area contributed by atoms with Crippen LogP contribution in [0.5, 0.6) is 0 Å². The zero-order valence-electron chi connectivity index (χ0n) is 15.2. The number of hydrogen-bond acceptors (Lipinski definition) is 3. The number of benzene rings is 2. The monoisotopic (exact) mass is 363 g/mol. The van der Waals surface area contributed by atoms with Gasteiger partial charge in [0.15, 0.2) is 0 Å². The average Bonchev–Trinajstić information content (AvgIpc) is 3.45. The maximum absolute atomic E-state index is 14.0. The number of halogens is 1. The summed E-state index contributed by atoms with van der Waals surface area (Å²) in [4.78, 5) is 17.9. The van der Waals surface area contributed by atoms with Crippen LogP contribution in [0, 0.1) is 11.7 Å². The molecule has 5 heteroatoms. The summed E-state index contributed by atoms with van der Waals surface area (Å²) in [5.41, 5.74) is 9.44. The lowest BCUT2D eigenvalue weighted by molar-refractivity contribution is 0.0943. The number of nitrogens with zero attached hydrogens (tertiary/aromatic N) is 1. The molecule has 0 saturated heterocycles. The van der Waals surface area contributed by atoms with Crippen molar-refractivity contribution in [1.82, 2.24) is 10.3 Å². The van der Waals surface area contributed by atoms with E-state index < -0.39 is 12.0 Å². The molecule has 138 valence electrons. The minimum Gasteiger partial charge on any atom is -0.337 e. The summed E-state index contributed by atoms with van der Waals surface area (Å²) in [6.45, 7) is 1.70.